The lowest BCUT2D eigenvalue weighted by atomic mass is 9.94. The molecule has 0 spiro atoms. The van der Waals surface area contributed by atoms with Crippen LogP contribution in [0.5, 0.6) is 0 Å². The number of anilines is 17. The topological polar surface area (TPSA) is 19.4 Å². The fourth-order valence-corrected chi connectivity index (χ4v) is 17.3. The summed E-state index contributed by atoms with van der Waals surface area (Å²) >= 11 is 1.84. The van der Waals surface area contributed by atoms with E-state index >= 15 is 0 Å². The van der Waals surface area contributed by atoms with E-state index in [4.69, 9.17) is 0 Å². The largest absolute Gasteiger partial charge is 0.314 e. The van der Waals surface area contributed by atoms with Gasteiger partial charge in [-0.15, -0.1) is 11.3 Å². The molecule has 0 aliphatic heterocycles. The van der Waals surface area contributed by atoms with Crippen molar-refractivity contribution in [1.82, 2.24) is 0 Å². The second-order valence-corrected chi connectivity index (χ2v) is 29.9. The Morgan fingerprint density at radius 2 is 0.426 bits per heavy atom. The monoisotopic (exact) mass is 1490 g/mol. The molecule has 115 heavy (non-hydrogen) atoms. The van der Waals surface area contributed by atoms with E-state index in [9.17, 15) is 0 Å². The van der Waals surface area contributed by atoms with Crippen LogP contribution in [-0.2, 0) is 0 Å². The standard InChI is InChI=1S/C108H80N6S/c1-10-31-79(32-11-1)81-53-61-95(62-54-81)113(103-74-99(109(87-37-14-3-15-38-87)88-39-16-4-17-40-88)72-100(75-103)110(89-41-18-5-19-42-89)90-43-20-6-21-44-90)96-67-59-84(60-68-96)86-36-30-35-85(71-86)83-57-65-94(66-58-83)112(93-49-26-9-27-50-93)102-73-101(111(91-45-22-7-23-46-91)92-47-24-8-25-48-92)76-104(77-102)114(97-63-55-82(56-64-97)80-33-12-2-13-34-80)98-69-70-108-106(78-98)105-51-28-29-52-107(105)115-108/h1-53,55-61,63-78H,54,62H2. The molecule has 0 amide bonds. The zero-order valence-electron chi connectivity index (χ0n) is 63.4. The van der Waals surface area contributed by atoms with Crippen LogP contribution in [0.2, 0.25) is 0 Å². The lowest BCUT2D eigenvalue weighted by molar-refractivity contribution is 0.929. The third-order valence-electron chi connectivity index (χ3n) is 21.6. The van der Waals surface area contributed by atoms with Gasteiger partial charge >= 0.3 is 0 Å². The molecular weight excluding hydrogens is 1410 g/mol. The Bertz CT molecular complexity index is 6210. The molecule has 548 valence electrons. The normalized spacial score (nSPS) is 11.9. The van der Waals surface area contributed by atoms with Crippen LogP contribution >= 0.6 is 11.3 Å². The predicted molar refractivity (Wildman–Crippen MR) is 489 cm³/mol. The highest BCUT2D eigenvalue weighted by Gasteiger charge is 2.27. The van der Waals surface area contributed by atoms with Gasteiger partial charge in [0.2, 0.25) is 0 Å². The van der Waals surface area contributed by atoms with E-state index in [0.717, 1.165) is 137 Å². The highest BCUT2D eigenvalue weighted by atomic mass is 32.1. The SMILES string of the molecule is C1=C(c2ccccc2)CCC(N(c2ccc(-c3cccc(-c4ccc(N(c5ccccc5)c5cc(N(c6ccccc6)c6ccccc6)cc(N(c6ccc(-c7ccccc7)cc6)c6ccc7sc8ccccc8c7c6)c5)cc4)c3)cc2)c2cc(N(c3ccccc3)c3ccccc3)cc(N(c3ccccc3)c3ccccc3)c2)=C1. The van der Waals surface area contributed by atoms with E-state index in [1.807, 2.05) is 11.3 Å². The van der Waals surface area contributed by atoms with Crippen molar-refractivity contribution < 1.29 is 0 Å². The molecule has 1 heterocycles. The number of benzene rings is 17. The highest BCUT2D eigenvalue weighted by molar-refractivity contribution is 7.25. The van der Waals surface area contributed by atoms with Crippen LogP contribution in [0.4, 0.5) is 96.7 Å². The summed E-state index contributed by atoms with van der Waals surface area (Å²) in [6.07, 6.45) is 6.39. The minimum Gasteiger partial charge on any atom is -0.314 e. The number of rotatable bonds is 22. The maximum atomic E-state index is 2.49. The van der Waals surface area contributed by atoms with Crippen molar-refractivity contribution in [2.45, 2.75) is 12.8 Å². The molecule has 19 rings (SSSR count). The number of nitrogens with zero attached hydrogens (tertiary/aromatic N) is 6. The highest BCUT2D eigenvalue weighted by Crippen LogP contribution is 2.51. The van der Waals surface area contributed by atoms with Gasteiger partial charge in [0, 0.05) is 94.1 Å². The molecule has 7 heteroatoms. The van der Waals surface area contributed by atoms with Crippen LogP contribution in [0.3, 0.4) is 0 Å². The van der Waals surface area contributed by atoms with Gasteiger partial charge in [0.25, 0.3) is 0 Å². The molecule has 0 saturated carbocycles. The third-order valence-corrected chi connectivity index (χ3v) is 22.8. The minimum absolute atomic E-state index is 0.831. The van der Waals surface area contributed by atoms with Crippen molar-refractivity contribution in [3.63, 3.8) is 0 Å². The fourth-order valence-electron chi connectivity index (χ4n) is 16.2. The zero-order chi connectivity index (χ0) is 76.6. The molecule has 18 aromatic rings. The molecule has 0 atom stereocenters. The zero-order valence-corrected chi connectivity index (χ0v) is 64.2. The first-order valence-corrected chi connectivity index (χ1v) is 40.1. The van der Waals surface area contributed by atoms with Crippen molar-refractivity contribution >= 4 is 134 Å². The van der Waals surface area contributed by atoms with Gasteiger partial charge in [-0.25, -0.2) is 0 Å². The molecule has 6 nitrogen and oxygen atoms in total. The van der Waals surface area contributed by atoms with Crippen LogP contribution in [0, 0.1) is 0 Å². The van der Waals surface area contributed by atoms with Gasteiger partial charge in [-0.3, -0.25) is 0 Å². The van der Waals surface area contributed by atoms with Crippen molar-refractivity contribution in [1.29, 1.82) is 0 Å². The van der Waals surface area contributed by atoms with E-state index in [0.29, 0.717) is 0 Å². The summed E-state index contributed by atoms with van der Waals surface area (Å²) in [6, 6.07) is 163. The van der Waals surface area contributed by atoms with E-state index < -0.39 is 0 Å². The summed E-state index contributed by atoms with van der Waals surface area (Å²) in [5.41, 5.74) is 28.2. The number of hydrogen-bond donors (Lipinski definition) is 0. The Morgan fingerprint density at radius 1 is 0.157 bits per heavy atom. The number of para-hydroxylation sites is 7. The average Bonchev–Trinajstić information content (AvgIpc) is 1.75. The van der Waals surface area contributed by atoms with Crippen molar-refractivity contribution in [2.75, 3.05) is 29.4 Å². The summed E-state index contributed by atoms with van der Waals surface area (Å²) in [5, 5.41) is 2.48. The van der Waals surface area contributed by atoms with Gasteiger partial charge in [-0.2, -0.15) is 0 Å². The summed E-state index contributed by atoms with van der Waals surface area (Å²) in [5.74, 6) is 0. The molecule has 1 aromatic heterocycles. The lowest BCUT2D eigenvalue weighted by Gasteiger charge is -2.34. The van der Waals surface area contributed by atoms with Crippen molar-refractivity contribution in [2.24, 2.45) is 0 Å². The minimum atomic E-state index is 0.831. The summed E-state index contributed by atoms with van der Waals surface area (Å²) in [4.78, 5) is 14.5. The first-order valence-electron chi connectivity index (χ1n) is 39.3. The molecule has 17 aromatic carbocycles. The number of hydrogen-bond acceptors (Lipinski definition) is 7. The van der Waals surface area contributed by atoms with E-state index in [-0.39, 0.29) is 0 Å². The van der Waals surface area contributed by atoms with Crippen LogP contribution in [0.15, 0.2) is 467 Å². The van der Waals surface area contributed by atoms with Gasteiger partial charge < -0.3 is 29.4 Å². The molecule has 1 aliphatic rings. The van der Waals surface area contributed by atoms with Gasteiger partial charge in [0.15, 0.2) is 0 Å². The van der Waals surface area contributed by atoms with E-state index in [2.05, 4.69) is 490 Å². The van der Waals surface area contributed by atoms with Crippen molar-refractivity contribution in [3.05, 3.63) is 472 Å². The molecule has 0 saturated heterocycles. The second-order valence-electron chi connectivity index (χ2n) is 28.9. The molecule has 0 N–H and O–H groups in total. The third kappa shape index (κ3) is 14.9. The molecule has 0 radical (unpaired) electrons. The van der Waals surface area contributed by atoms with Gasteiger partial charge in [0.1, 0.15) is 0 Å². The lowest BCUT2D eigenvalue weighted by Crippen LogP contribution is -2.20. The number of allylic oxidation sites excluding steroid dienone is 4. The second kappa shape index (κ2) is 32.3. The Labute approximate surface area is 677 Å². The average molecular weight is 1490 g/mol. The summed E-state index contributed by atoms with van der Waals surface area (Å²) in [7, 11) is 0. The van der Waals surface area contributed by atoms with Crippen LogP contribution in [-0.4, -0.2) is 0 Å². The maximum Gasteiger partial charge on any atom is 0.0503 e. The van der Waals surface area contributed by atoms with E-state index in [1.54, 1.807) is 0 Å². The molecule has 0 fully saturated rings. The summed E-state index contributed by atoms with van der Waals surface area (Å²) < 4.78 is 2.52. The quantitative estimate of drug-likeness (QED) is 0.0669. The number of thiophene rings is 1. The van der Waals surface area contributed by atoms with Crippen molar-refractivity contribution in [3.8, 4) is 33.4 Å². The number of fused-ring (bicyclic) bond motifs is 3. The van der Waals surface area contributed by atoms with Gasteiger partial charge in [-0.05, 0) is 251 Å². The van der Waals surface area contributed by atoms with E-state index in [1.165, 1.54) is 42.6 Å². The van der Waals surface area contributed by atoms with Crippen LogP contribution < -0.4 is 29.4 Å². The first kappa shape index (κ1) is 70.6. The summed E-state index contributed by atoms with van der Waals surface area (Å²) in [6.45, 7) is 0. The smallest absolute Gasteiger partial charge is 0.0503 e. The molecule has 1 aliphatic carbocycles. The van der Waals surface area contributed by atoms with Crippen LogP contribution in [0.1, 0.15) is 18.4 Å². The maximum absolute atomic E-state index is 2.49. The molecular formula is C108H80N6S. The van der Waals surface area contributed by atoms with Crippen LogP contribution in [0.25, 0.3) is 59.1 Å². The Hall–Kier alpha value is -14.8. The van der Waals surface area contributed by atoms with Gasteiger partial charge in [-0.1, -0.05) is 267 Å². The first-order chi connectivity index (χ1) is 57.0. The predicted octanol–water partition coefficient (Wildman–Crippen LogP) is 31.3. The molecule has 0 bridgehead atoms. The van der Waals surface area contributed by atoms with Gasteiger partial charge in [0.05, 0.1) is 28.4 Å². The Morgan fingerprint density at radius 3 is 0.791 bits per heavy atom. The Balaban J connectivity index is 0.717. The Kier molecular flexibility index (Phi) is 19.8. The molecule has 0 unspecified atom stereocenters. The fraction of sp³-hybridized carbons (Fsp3) is 0.0185.